The molecule has 1 unspecified atom stereocenters. The first-order chi connectivity index (χ1) is 9.86. The molecule has 114 valence electrons. The Kier molecular flexibility index (Phi) is 6.45. The maximum Gasteiger partial charge on any atom is 0.326 e. The molecule has 0 bridgehead atoms. The number of ether oxygens (including phenoxy) is 1. The Bertz CT molecular complexity index is 541. The molecule has 0 radical (unpaired) electrons. The molecule has 0 saturated carbocycles. The summed E-state index contributed by atoms with van der Waals surface area (Å²) >= 11 is 11.7. The number of hydrogen-bond acceptors (Lipinski definition) is 4. The van der Waals surface area contributed by atoms with E-state index in [9.17, 15) is 14.4 Å². The van der Waals surface area contributed by atoms with Gasteiger partial charge in [-0.1, -0.05) is 29.3 Å². The topological polar surface area (TPSA) is 92.7 Å². The number of carbonyl (C=O) groups is 3. The molecule has 0 heterocycles. The van der Waals surface area contributed by atoms with Crippen molar-refractivity contribution in [3.63, 3.8) is 0 Å². The van der Waals surface area contributed by atoms with Crippen LogP contribution in [-0.4, -0.2) is 36.1 Å². The fraction of sp³-hybridized carbons (Fsp3) is 0.308. The molecule has 1 atom stereocenters. The van der Waals surface area contributed by atoms with Crippen LogP contribution < -0.4 is 5.32 Å². The van der Waals surface area contributed by atoms with Crippen LogP contribution in [-0.2, 0) is 14.3 Å². The number of halogens is 2. The lowest BCUT2D eigenvalue weighted by molar-refractivity contribution is -0.142. The van der Waals surface area contributed by atoms with Gasteiger partial charge in [0.25, 0.3) is 5.91 Å². The number of esters is 1. The van der Waals surface area contributed by atoms with Crippen molar-refractivity contribution in [3.05, 3.63) is 33.8 Å². The van der Waals surface area contributed by atoms with Gasteiger partial charge in [-0.05, 0) is 18.6 Å². The molecule has 1 rings (SSSR count). The van der Waals surface area contributed by atoms with Gasteiger partial charge in [-0.3, -0.25) is 9.59 Å². The summed E-state index contributed by atoms with van der Waals surface area (Å²) < 4.78 is 4.42. The first-order valence-corrected chi connectivity index (χ1v) is 6.67. The van der Waals surface area contributed by atoms with Gasteiger partial charge in [-0.2, -0.15) is 0 Å². The van der Waals surface area contributed by atoms with E-state index in [0.29, 0.717) is 0 Å². The molecule has 0 saturated heterocycles. The summed E-state index contributed by atoms with van der Waals surface area (Å²) in [4.78, 5) is 34.2. The third-order valence-electron chi connectivity index (χ3n) is 2.66. The monoisotopic (exact) mass is 333 g/mol. The van der Waals surface area contributed by atoms with Crippen molar-refractivity contribution in [2.45, 2.75) is 18.9 Å². The lowest BCUT2D eigenvalue weighted by atomic mass is 10.1. The van der Waals surface area contributed by atoms with Crippen LogP contribution >= 0.6 is 23.2 Å². The van der Waals surface area contributed by atoms with E-state index < -0.39 is 23.9 Å². The van der Waals surface area contributed by atoms with Crippen LogP contribution in [0.15, 0.2) is 18.2 Å². The zero-order valence-corrected chi connectivity index (χ0v) is 12.6. The quantitative estimate of drug-likeness (QED) is 0.778. The summed E-state index contributed by atoms with van der Waals surface area (Å²) in [6.07, 6.45) is -0.236. The summed E-state index contributed by atoms with van der Waals surface area (Å²) in [7, 11) is 1.19. The van der Waals surface area contributed by atoms with Crippen molar-refractivity contribution in [3.8, 4) is 0 Å². The SMILES string of the molecule is COC(=O)CCC(NC(=O)c1c(Cl)cccc1Cl)C(=O)O. The second-order valence-electron chi connectivity index (χ2n) is 4.08. The highest BCUT2D eigenvalue weighted by atomic mass is 35.5. The summed E-state index contributed by atoms with van der Waals surface area (Å²) in [5, 5.41) is 11.6. The van der Waals surface area contributed by atoms with E-state index in [1.807, 2.05) is 0 Å². The van der Waals surface area contributed by atoms with E-state index in [1.165, 1.54) is 19.2 Å². The second-order valence-corrected chi connectivity index (χ2v) is 4.89. The number of aliphatic carboxylic acids is 1. The molecular weight excluding hydrogens is 321 g/mol. The molecule has 0 aliphatic carbocycles. The van der Waals surface area contributed by atoms with E-state index in [0.717, 1.165) is 0 Å². The molecule has 1 aromatic rings. The van der Waals surface area contributed by atoms with E-state index >= 15 is 0 Å². The van der Waals surface area contributed by atoms with E-state index in [-0.39, 0.29) is 28.5 Å². The number of carboxylic acids is 1. The van der Waals surface area contributed by atoms with Crippen LogP contribution in [0, 0.1) is 0 Å². The zero-order chi connectivity index (χ0) is 16.0. The molecule has 8 heteroatoms. The Morgan fingerprint density at radius 1 is 1.29 bits per heavy atom. The highest BCUT2D eigenvalue weighted by molar-refractivity contribution is 6.39. The first-order valence-electron chi connectivity index (χ1n) is 5.91. The molecule has 6 nitrogen and oxygen atoms in total. The summed E-state index contributed by atoms with van der Waals surface area (Å²) in [5.74, 6) is -2.55. The Hall–Kier alpha value is -1.79. The lowest BCUT2D eigenvalue weighted by Gasteiger charge is -2.15. The predicted octanol–water partition coefficient (Wildman–Crippen LogP) is 2.13. The Morgan fingerprint density at radius 2 is 1.86 bits per heavy atom. The largest absolute Gasteiger partial charge is 0.480 e. The number of methoxy groups -OCH3 is 1. The zero-order valence-electron chi connectivity index (χ0n) is 11.1. The molecule has 0 aliphatic rings. The Balaban J connectivity index is 2.82. The Morgan fingerprint density at radius 3 is 2.33 bits per heavy atom. The standard InChI is InChI=1S/C13H13Cl2NO5/c1-21-10(17)6-5-9(13(19)20)16-12(18)11-7(14)3-2-4-8(11)15/h2-4,9H,5-6H2,1H3,(H,16,18)(H,19,20). The fourth-order valence-corrected chi connectivity index (χ4v) is 2.14. The maximum absolute atomic E-state index is 12.1. The van der Waals surface area contributed by atoms with Gasteiger partial charge in [0.05, 0.1) is 22.7 Å². The minimum absolute atomic E-state index is 0.00912. The van der Waals surface area contributed by atoms with Crippen molar-refractivity contribution in [2.75, 3.05) is 7.11 Å². The van der Waals surface area contributed by atoms with Crippen LogP contribution in [0.3, 0.4) is 0 Å². The van der Waals surface area contributed by atoms with Gasteiger partial charge < -0.3 is 15.2 Å². The van der Waals surface area contributed by atoms with Gasteiger partial charge >= 0.3 is 11.9 Å². The molecule has 21 heavy (non-hydrogen) atoms. The number of amides is 1. The van der Waals surface area contributed by atoms with Crippen LogP contribution in [0.2, 0.25) is 10.0 Å². The average molecular weight is 334 g/mol. The lowest BCUT2D eigenvalue weighted by Crippen LogP contribution is -2.41. The number of carboxylic acid groups (broad SMARTS) is 1. The maximum atomic E-state index is 12.1. The van der Waals surface area contributed by atoms with Crippen LogP contribution in [0.4, 0.5) is 0 Å². The minimum atomic E-state index is -1.27. The number of benzene rings is 1. The average Bonchev–Trinajstić information content (AvgIpc) is 2.42. The van der Waals surface area contributed by atoms with Crippen molar-refractivity contribution in [1.29, 1.82) is 0 Å². The van der Waals surface area contributed by atoms with Crippen molar-refractivity contribution in [1.82, 2.24) is 5.32 Å². The van der Waals surface area contributed by atoms with Crippen molar-refractivity contribution >= 4 is 41.0 Å². The van der Waals surface area contributed by atoms with Crippen LogP contribution in [0.25, 0.3) is 0 Å². The van der Waals surface area contributed by atoms with Gasteiger partial charge in [-0.25, -0.2) is 4.79 Å². The van der Waals surface area contributed by atoms with Crippen LogP contribution in [0.5, 0.6) is 0 Å². The molecule has 1 amide bonds. The summed E-state index contributed by atoms with van der Waals surface area (Å²) in [6, 6.07) is 3.25. The van der Waals surface area contributed by atoms with Crippen LogP contribution in [0.1, 0.15) is 23.2 Å². The molecule has 0 spiro atoms. The highest BCUT2D eigenvalue weighted by Crippen LogP contribution is 2.24. The summed E-state index contributed by atoms with van der Waals surface area (Å²) in [5.41, 5.74) is -0.00912. The molecule has 0 aliphatic heterocycles. The molecule has 2 N–H and O–H groups in total. The third kappa shape index (κ3) is 4.91. The number of nitrogens with one attached hydrogen (secondary N) is 1. The Labute approximate surface area is 131 Å². The highest BCUT2D eigenvalue weighted by Gasteiger charge is 2.24. The normalized spacial score (nSPS) is 11.6. The number of carbonyl (C=O) groups excluding carboxylic acids is 2. The van der Waals surface area contributed by atoms with Gasteiger partial charge in [0.15, 0.2) is 0 Å². The molecule has 0 fully saturated rings. The van der Waals surface area contributed by atoms with E-state index in [4.69, 9.17) is 28.3 Å². The molecule has 1 aromatic carbocycles. The van der Waals surface area contributed by atoms with Gasteiger partial charge in [0.1, 0.15) is 6.04 Å². The van der Waals surface area contributed by atoms with Gasteiger partial charge in [0, 0.05) is 6.42 Å². The fourth-order valence-electron chi connectivity index (χ4n) is 1.57. The van der Waals surface area contributed by atoms with Crippen molar-refractivity contribution in [2.24, 2.45) is 0 Å². The number of hydrogen-bond donors (Lipinski definition) is 2. The number of rotatable bonds is 6. The minimum Gasteiger partial charge on any atom is -0.480 e. The van der Waals surface area contributed by atoms with Crippen molar-refractivity contribution < 1.29 is 24.2 Å². The van der Waals surface area contributed by atoms with E-state index in [1.54, 1.807) is 6.07 Å². The molecular formula is C13H13Cl2NO5. The van der Waals surface area contributed by atoms with E-state index in [2.05, 4.69) is 10.1 Å². The smallest absolute Gasteiger partial charge is 0.326 e. The second kappa shape index (κ2) is 7.85. The predicted molar refractivity (Wildman–Crippen MR) is 76.6 cm³/mol. The first kappa shape index (κ1) is 17.3. The van der Waals surface area contributed by atoms with Gasteiger partial charge in [0.2, 0.25) is 0 Å². The molecule has 0 aromatic heterocycles. The van der Waals surface area contributed by atoms with Gasteiger partial charge in [-0.15, -0.1) is 0 Å². The summed E-state index contributed by atoms with van der Waals surface area (Å²) in [6.45, 7) is 0. The third-order valence-corrected chi connectivity index (χ3v) is 3.29.